The Morgan fingerprint density at radius 2 is 1.85 bits per heavy atom. The molecule has 1 fully saturated rings. The quantitative estimate of drug-likeness (QED) is 0.727. The molecule has 1 amide bonds. The van der Waals surface area contributed by atoms with Gasteiger partial charge >= 0.3 is 0 Å². The summed E-state index contributed by atoms with van der Waals surface area (Å²) < 4.78 is 5.74. The molecule has 1 aromatic heterocycles. The number of rotatable bonds is 5. The van der Waals surface area contributed by atoms with Crippen LogP contribution >= 0.6 is 0 Å². The van der Waals surface area contributed by atoms with Crippen LogP contribution < -0.4 is 15.4 Å². The smallest absolute Gasteiger partial charge is 0.229 e. The first kappa shape index (κ1) is 17.2. The van der Waals surface area contributed by atoms with Crippen molar-refractivity contribution < 1.29 is 9.53 Å². The van der Waals surface area contributed by atoms with E-state index < -0.39 is 0 Å². The Hall–Kier alpha value is -3.18. The van der Waals surface area contributed by atoms with Crippen molar-refractivity contribution in [2.75, 3.05) is 18.4 Å². The average molecular weight is 359 g/mol. The topological polar surface area (TPSA) is 63.2 Å². The molecule has 0 saturated carbocycles. The number of pyridine rings is 1. The fourth-order valence-corrected chi connectivity index (χ4v) is 3.41. The number of aromatic nitrogens is 1. The molecule has 27 heavy (non-hydrogen) atoms. The molecule has 1 saturated heterocycles. The van der Waals surface area contributed by atoms with Crippen LogP contribution in [0.1, 0.15) is 11.5 Å². The molecule has 136 valence electrons. The number of amides is 1. The average Bonchev–Trinajstić information content (AvgIpc) is 3.20. The monoisotopic (exact) mass is 359 g/mol. The van der Waals surface area contributed by atoms with Gasteiger partial charge in [0.25, 0.3) is 0 Å². The fourth-order valence-electron chi connectivity index (χ4n) is 3.41. The molecule has 2 heterocycles. The highest BCUT2D eigenvalue weighted by Gasteiger charge is 2.33. The Morgan fingerprint density at radius 3 is 2.67 bits per heavy atom. The molecular weight excluding hydrogens is 338 g/mol. The molecule has 2 N–H and O–H groups in total. The SMILES string of the molecule is O=C(Nc1cccc(Oc2ccccn2)c1)C1CNCC1c1ccccc1. The van der Waals surface area contributed by atoms with Crippen LogP contribution in [0.2, 0.25) is 0 Å². The molecule has 1 aliphatic rings. The van der Waals surface area contributed by atoms with E-state index >= 15 is 0 Å². The molecule has 0 aliphatic carbocycles. The van der Waals surface area contributed by atoms with Crippen LogP contribution in [-0.2, 0) is 4.79 Å². The zero-order valence-corrected chi connectivity index (χ0v) is 14.8. The second-order valence-corrected chi connectivity index (χ2v) is 6.57. The van der Waals surface area contributed by atoms with Crippen LogP contribution in [0.3, 0.4) is 0 Å². The molecule has 5 heteroatoms. The molecule has 0 radical (unpaired) electrons. The van der Waals surface area contributed by atoms with Crippen molar-refractivity contribution in [1.29, 1.82) is 0 Å². The molecule has 0 bridgehead atoms. The summed E-state index contributed by atoms with van der Waals surface area (Å²) in [4.78, 5) is 17.0. The third kappa shape index (κ3) is 4.15. The summed E-state index contributed by atoms with van der Waals surface area (Å²) in [6, 6.07) is 23.1. The normalized spacial score (nSPS) is 18.8. The lowest BCUT2D eigenvalue weighted by atomic mass is 9.88. The van der Waals surface area contributed by atoms with Gasteiger partial charge in [0.15, 0.2) is 0 Å². The Bertz CT molecular complexity index is 900. The number of nitrogens with one attached hydrogen (secondary N) is 2. The number of ether oxygens (including phenoxy) is 1. The van der Waals surface area contributed by atoms with Gasteiger partial charge in [-0.1, -0.05) is 42.5 Å². The Balaban J connectivity index is 1.45. The van der Waals surface area contributed by atoms with E-state index in [9.17, 15) is 4.79 Å². The first-order chi connectivity index (χ1) is 13.3. The van der Waals surface area contributed by atoms with Crippen LogP contribution in [0.5, 0.6) is 11.6 Å². The van der Waals surface area contributed by atoms with Gasteiger partial charge in [0.05, 0.1) is 5.92 Å². The highest BCUT2D eigenvalue weighted by molar-refractivity contribution is 5.93. The number of carbonyl (C=O) groups excluding carboxylic acids is 1. The largest absolute Gasteiger partial charge is 0.439 e. The second-order valence-electron chi connectivity index (χ2n) is 6.57. The number of benzene rings is 2. The van der Waals surface area contributed by atoms with Gasteiger partial charge in [-0.25, -0.2) is 4.98 Å². The van der Waals surface area contributed by atoms with Crippen molar-refractivity contribution in [3.05, 3.63) is 84.6 Å². The summed E-state index contributed by atoms with van der Waals surface area (Å²) in [7, 11) is 0. The molecule has 5 nitrogen and oxygen atoms in total. The maximum Gasteiger partial charge on any atom is 0.229 e. The van der Waals surface area contributed by atoms with Gasteiger partial charge < -0.3 is 15.4 Å². The van der Waals surface area contributed by atoms with Crippen molar-refractivity contribution in [3.63, 3.8) is 0 Å². The van der Waals surface area contributed by atoms with E-state index in [2.05, 4.69) is 27.8 Å². The van der Waals surface area contributed by atoms with Gasteiger partial charge in [-0.05, 0) is 23.8 Å². The van der Waals surface area contributed by atoms with Gasteiger partial charge in [0.2, 0.25) is 11.8 Å². The lowest BCUT2D eigenvalue weighted by Crippen LogP contribution is -2.28. The number of anilines is 1. The third-order valence-corrected chi connectivity index (χ3v) is 4.74. The van der Waals surface area contributed by atoms with E-state index in [1.807, 2.05) is 54.6 Å². The number of hydrogen-bond acceptors (Lipinski definition) is 4. The molecule has 4 rings (SSSR count). The molecule has 2 unspecified atom stereocenters. The highest BCUT2D eigenvalue weighted by Crippen LogP contribution is 2.30. The highest BCUT2D eigenvalue weighted by atomic mass is 16.5. The molecule has 3 aromatic rings. The van der Waals surface area contributed by atoms with Crippen LogP contribution in [0.4, 0.5) is 5.69 Å². The van der Waals surface area contributed by atoms with E-state index in [-0.39, 0.29) is 17.7 Å². The van der Waals surface area contributed by atoms with Gasteiger partial charge in [-0.15, -0.1) is 0 Å². The van der Waals surface area contributed by atoms with E-state index in [4.69, 9.17) is 4.74 Å². The lowest BCUT2D eigenvalue weighted by molar-refractivity contribution is -0.119. The van der Waals surface area contributed by atoms with E-state index in [0.717, 1.165) is 6.54 Å². The summed E-state index contributed by atoms with van der Waals surface area (Å²) in [6.07, 6.45) is 1.68. The van der Waals surface area contributed by atoms with Crippen molar-refractivity contribution in [3.8, 4) is 11.6 Å². The maximum absolute atomic E-state index is 12.9. The number of hydrogen-bond donors (Lipinski definition) is 2. The van der Waals surface area contributed by atoms with E-state index in [1.54, 1.807) is 12.3 Å². The van der Waals surface area contributed by atoms with Crippen molar-refractivity contribution >= 4 is 11.6 Å². The minimum atomic E-state index is -0.104. The first-order valence-corrected chi connectivity index (χ1v) is 9.05. The minimum absolute atomic E-state index is 0.0174. The minimum Gasteiger partial charge on any atom is -0.439 e. The number of nitrogens with zero attached hydrogens (tertiary/aromatic N) is 1. The summed E-state index contributed by atoms with van der Waals surface area (Å²) in [5.41, 5.74) is 1.90. The summed E-state index contributed by atoms with van der Waals surface area (Å²) in [6.45, 7) is 1.49. The van der Waals surface area contributed by atoms with E-state index in [0.29, 0.717) is 23.9 Å². The zero-order chi connectivity index (χ0) is 18.5. The van der Waals surface area contributed by atoms with E-state index in [1.165, 1.54) is 5.56 Å². The third-order valence-electron chi connectivity index (χ3n) is 4.74. The van der Waals surface area contributed by atoms with Crippen molar-refractivity contribution in [2.45, 2.75) is 5.92 Å². The predicted octanol–water partition coefficient (Wildman–Crippen LogP) is 3.82. The molecule has 2 aromatic carbocycles. The van der Waals surface area contributed by atoms with Crippen molar-refractivity contribution in [2.24, 2.45) is 5.92 Å². The summed E-state index contributed by atoms with van der Waals surface area (Å²) in [5.74, 6) is 1.25. The molecule has 0 spiro atoms. The molecular formula is C22H21N3O2. The number of carbonyl (C=O) groups is 1. The van der Waals surface area contributed by atoms with Gasteiger partial charge in [-0.2, -0.15) is 0 Å². The van der Waals surface area contributed by atoms with Gasteiger partial charge in [0.1, 0.15) is 5.75 Å². The van der Waals surface area contributed by atoms with Crippen LogP contribution in [0.25, 0.3) is 0 Å². The fraction of sp³-hybridized carbons (Fsp3) is 0.182. The molecule has 1 aliphatic heterocycles. The maximum atomic E-state index is 12.9. The zero-order valence-electron chi connectivity index (χ0n) is 14.8. The lowest BCUT2D eigenvalue weighted by Gasteiger charge is -2.18. The second kappa shape index (κ2) is 8.01. The van der Waals surface area contributed by atoms with Crippen LogP contribution in [-0.4, -0.2) is 24.0 Å². The summed E-state index contributed by atoms with van der Waals surface area (Å²) >= 11 is 0. The Morgan fingerprint density at radius 1 is 1.00 bits per heavy atom. The predicted molar refractivity (Wildman–Crippen MR) is 105 cm³/mol. The molecule has 2 atom stereocenters. The Kier molecular flexibility index (Phi) is 5.12. The van der Waals surface area contributed by atoms with Crippen molar-refractivity contribution in [1.82, 2.24) is 10.3 Å². The van der Waals surface area contributed by atoms with Crippen LogP contribution in [0, 0.1) is 5.92 Å². The Labute approximate surface area is 158 Å². The first-order valence-electron chi connectivity index (χ1n) is 9.05. The standard InChI is InChI=1S/C22H21N3O2/c26-22(20-15-23-14-19(20)16-7-2-1-3-8-16)25-17-9-6-10-18(13-17)27-21-11-4-5-12-24-21/h1-13,19-20,23H,14-15H2,(H,25,26). The van der Waals surface area contributed by atoms with Gasteiger partial charge in [-0.3, -0.25) is 4.79 Å². The van der Waals surface area contributed by atoms with Gasteiger partial charge in [0, 0.05) is 43.0 Å². The summed E-state index contributed by atoms with van der Waals surface area (Å²) in [5, 5.41) is 6.37. The van der Waals surface area contributed by atoms with Crippen LogP contribution in [0.15, 0.2) is 79.0 Å².